The van der Waals surface area contributed by atoms with Gasteiger partial charge in [0, 0.05) is 12.1 Å². The van der Waals surface area contributed by atoms with Crippen LogP contribution in [0, 0.1) is 16.7 Å². The van der Waals surface area contributed by atoms with Crippen LogP contribution in [-0.2, 0) is 0 Å². The predicted molar refractivity (Wildman–Crippen MR) is 96.1 cm³/mol. The van der Waals surface area contributed by atoms with E-state index in [9.17, 15) is 0 Å². The summed E-state index contributed by atoms with van der Waals surface area (Å²) in [4.78, 5) is 0. The first-order chi connectivity index (χ1) is 10.5. The molecule has 1 spiro atoms. The van der Waals surface area contributed by atoms with Crippen molar-refractivity contribution in [1.29, 1.82) is 0 Å². The standard InChI is InChI=1S/C21H39N/c1-20(2,3)17-10-13-21(14-11-17)15-12-19(16-21)22-18-8-6-4-5-7-9-18/h17-19,22H,4-16H2,1-3H3. The van der Waals surface area contributed by atoms with E-state index in [1.807, 2.05) is 0 Å². The van der Waals surface area contributed by atoms with E-state index in [-0.39, 0.29) is 0 Å². The topological polar surface area (TPSA) is 12.0 Å². The van der Waals surface area contributed by atoms with Gasteiger partial charge in [-0.15, -0.1) is 0 Å². The Morgan fingerprint density at radius 1 is 0.727 bits per heavy atom. The van der Waals surface area contributed by atoms with Gasteiger partial charge in [-0.3, -0.25) is 0 Å². The molecular weight excluding hydrogens is 266 g/mol. The summed E-state index contributed by atoms with van der Waals surface area (Å²) in [5.74, 6) is 0.965. The van der Waals surface area contributed by atoms with Gasteiger partial charge >= 0.3 is 0 Å². The number of nitrogens with one attached hydrogen (secondary N) is 1. The molecule has 1 nitrogen and oxygen atoms in total. The Bertz CT molecular complexity index is 337. The van der Waals surface area contributed by atoms with E-state index in [0.29, 0.717) is 5.41 Å². The number of hydrogen-bond acceptors (Lipinski definition) is 1. The zero-order valence-electron chi connectivity index (χ0n) is 15.4. The minimum Gasteiger partial charge on any atom is -0.311 e. The van der Waals surface area contributed by atoms with Gasteiger partial charge in [0.1, 0.15) is 0 Å². The Hall–Kier alpha value is -0.0400. The van der Waals surface area contributed by atoms with Gasteiger partial charge in [-0.2, -0.15) is 0 Å². The van der Waals surface area contributed by atoms with E-state index >= 15 is 0 Å². The molecule has 0 saturated heterocycles. The fourth-order valence-corrected chi connectivity index (χ4v) is 5.68. The third-order valence-electron chi connectivity index (χ3n) is 7.30. The van der Waals surface area contributed by atoms with Crippen LogP contribution < -0.4 is 5.32 Å². The summed E-state index contributed by atoms with van der Waals surface area (Å²) in [6, 6.07) is 1.68. The molecule has 0 radical (unpaired) electrons. The highest BCUT2D eigenvalue weighted by Gasteiger charge is 2.43. The van der Waals surface area contributed by atoms with Gasteiger partial charge in [-0.1, -0.05) is 46.5 Å². The lowest BCUT2D eigenvalue weighted by Gasteiger charge is -2.42. The van der Waals surface area contributed by atoms with Gasteiger partial charge in [0.05, 0.1) is 0 Å². The SMILES string of the molecule is CC(C)(C)C1CCC2(CCC(NC3CCCCCC3)C2)CC1. The summed E-state index contributed by atoms with van der Waals surface area (Å²) in [6.45, 7) is 7.34. The van der Waals surface area contributed by atoms with Crippen molar-refractivity contribution in [3.8, 4) is 0 Å². The molecule has 1 unspecified atom stereocenters. The first kappa shape index (κ1) is 16.8. The first-order valence-corrected chi connectivity index (χ1v) is 10.2. The van der Waals surface area contributed by atoms with Crippen LogP contribution in [0.15, 0.2) is 0 Å². The minimum atomic E-state index is 0.526. The Morgan fingerprint density at radius 3 is 1.91 bits per heavy atom. The molecule has 3 aliphatic carbocycles. The molecule has 1 heteroatoms. The van der Waals surface area contributed by atoms with Crippen molar-refractivity contribution in [2.24, 2.45) is 16.7 Å². The van der Waals surface area contributed by atoms with Gasteiger partial charge in [0.25, 0.3) is 0 Å². The summed E-state index contributed by atoms with van der Waals surface area (Å²) >= 11 is 0. The minimum absolute atomic E-state index is 0.526. The lowest BCUT2D eigenvalue weighted by atomic mass is 9.63. The second-order valence-corrected chi connectivity index (χ2v) is 9.94. The number of hydrogen-bond donors (Lipinski definition) is 1. The molecule has 0 heterocycles. The van der Waals surface area contributed by atoms with E-state index in [2.05, 4.69) is 26.1 Å². The van der Waals surface area contributed by atoms with Gasteiger partial charge in [0.15, 0.2) is 0 Å². The van der Waals surface area contributed by atoms with E-state index in [0.717, 1.165) is 23.4 Å². The van der Waals surface area contributed by atoms with Crippen molar-refractivity contribution < 1.29 is 0 Å². The summed E-state index contributed by atoms with van der Waals surface area (Å²) in [6.07, 6.45) is 19.2. The molecule has 0 aliphatic heterocycles. The van der Waals surface area contributed by atoms with Crippen LogP contribution in [0.4, 0.5) is 0 Å². The van der Waals surface area contributed by atoms with Crippen LogP contribution in [0.1, 0.15) is 104 Å². The van der Waals surface area contributed by atoms with Crippen molar-refractivity contribution in [3.63, 3.8) is 0 Å². The summed E-state index contributed by atoms with van der Waals surface area (Å²) in [7, 11) is 0. The maximum absolute atomic E-state index is 4.07. The third kappa shape index (κ3) is 4.08. The van der Waals surface area contributed by atoms with Crippen molar-refractivity contribution in [2.45, 2.75) is 116 Å². The second-order valence-electron chi connectivity index (χ2n) is 9.94. The molecule has 0 amide bonds. The molecule has 0 bridgehead atoms. The second kappa shape index (κ2) is 6.83. The van der Waals surface area contributed by atoms with Crippen LogP contribution in [0.2, 0.25) is 0 Å². The molecule has 1 atom stereocenters. The zero-order chi connectivity index (χ0) is 15.6. The van der Waals surface area contributed by atoms with E-state index < -0.39 is 0 Å². The molecule has 3 saturated carbocycles. The molecule has 3 fully saturated rings. The average molecular weight is 306 g/mol. The van der Waals surface area contributed by atoms with Gasteiger partial charge < -0.3 is 5.32 Å². The van der Waals surface area contributed by atoms with Gasteiger partial charge in [-0.25, -0.2) is 0 Å². The summed E-state index contributed by atoms with van der Waals surface area (Å²) < 4.78 is 0. The van der Waals surface area contributed by atoms with E-state index in [1.54, 1.807) is 0 Å². The first-order valence-electron chi connectivity index (χ1n) is 10.2. The highest BCUT2D eigenvalue weighted by Crippen LogP contribution is 2.53. The summed E-state index contributed by atoms with van der Waals surface area (Å²) in [5, 5.41) is 4.07. The molecule has 0 aromatic carbocycles. The van der Waals surface area contributed by atoms with Crippen molar-refractivity contribution in [1.82, 2.24) is 5.32 Å². The maximum Gasteiger partial charge on any atom is 0.00751 e. The zero-order valence-corrected chi connectivity index (χ0v) is 15.4. The lowest BCUT2D eigenvalue weighted by molar-refractivity contribution is 0.0896. The van der Waals surface area contributed by atoms with Crippen LogP contribution >= 0.6 is 0 Å². The molecule has 0 aromatic rings. The highest BCUT2D eigenvalue weighted by atomic mass is 15.0. The molecule has 128 valence electrons. The maximum atomic E-state index is 4.07. The van der Waals surface area contributed by atoms with Crippen molar-refractivity contribution >= 4 is 0 Å². The quantitative estimate of drug-likeness (QED) is 0.610. The van der Waals surface area contributed by atoms with Gasteiger partial charge in [-0.05, 0) is 74.5 Å². The molecule has 1 N–H and O–H groups in total. The smallest absolute Gasteiger partial charge is 0.00751 e. The largest absolute Gasteiger partial charge is 0.311 e. The molecule has 0 aromatic heterocycles. The van der Waals surface area contributed by atoms with Crippen molar-refractivity contribution in [3.05, 3.63) is 0 Å². The highest BCUT2D eigenvalue weighted by molar-refractivity contribution is 4.97. The molecule has 22 heavy (non-hydrogen) atoms. The third-order valence-corrected chi connectivity index (χ3v) is 7.30. The number of rotatable bonds is 2. The molecule has 3 aliphatic rings. The fraction of sp³-hybridized carbons (Fsp3) is 1.00. The van der Waals surface area contributed by atoms with E-state index in [1.165, 1.54) is 83.5 Å². The summed E-state index contributed by atoms with van der Waals surface area (Å²) in [5.41, 5.74) is 1.25. The van der Waals surface area contributed by atoms with Crippen LogP contribution in [-0.4, -0.2) is 12.1 Å². The average Bonchev–Trinajstić information content (AvgIpc) is 2.69. The van der Waals surface area contributed by atoms with Crippen molar-refractivity contribution in [2.75, 3.05) is 0 Å². The molecule has 3 rings (SSSR count). The Morgan fingerprint density at radius 2 is 1.32 bits per heavy atom. The van der Waals surface area contributed by atoms with Crippen LogP contribution in [0.5, 0.6) is 0 Å². The lowest BCUT2D eigenvalue weighted by Crippen LogP contribution is -2.38. The Balaban J connectivity index is 1.48. The van der Waals surface area contributed by atoms with Crippen LogP contribution in [0.25, 0.3) is 0 Å². The van der Waals surface area contributed by atoms with Gasteiger partial charge in [0.2, 0.25) is 0 Å². The molecular formula is C21H39N. The van der Waals surface area contributed by atoms with E-state index in [4.69, 9.17) is 0 Å². The van der Waals surface area contributed by atoms with Crippen LogP contribution in [0.3, 0.4) is 0 Å². The normalized spacial score (nSPS) is 38.3. The Labute approximate surface area is 139 Å². The Kier molecular flexibility index (Phi) is 5.22. The fourth-order valence-electron chi connectivity index (χ4n) is 5.68. The predicted octanol–water partition coefficient (Wildman–Crippen LogP) is 6.07. The monoisotopic (exact) mass is 305 g/mol.